The van der Waals surface area contributed by atoms with Gasteiger partial charge in [-0.15, -0.1) is 11.3 Å². The van der Waals surface area contributed by atoms with Crippen LogP contribution in [0.4, 0.5) is 0 Å². The summed E-state index contributed by atoms with van der Waals surface area (Å²) in [6, 6.07) is 7.39. The highest BCUT2D eigenvalue weighted by atomic mass is 32.2. The predicted molar refractivity (Wildman–Crippen MR) is 127 cm³/mol. The molecule has 0 fully saturated rings. The largest absolute Gasteiger partial charge is 0.293 e. The van der Waals surface area contributed by atoms with Gasteiger partial charge in [0.15, 0.2) is 14.6 Å². The van der Waals surface area contributed by atoms with Crippen molar-refractivity contribution in [3.8, 4) is 0 Å². The molecule has 0 unspecified atom stereocenters. The minimum absolute atomic E-state index is 0.0131. The summed E-state index contributed by atoms with van der Waals surface area (Å²) in [5, 5.41) is 10.9. The fourth-order valence-corrected chi connectivity index (χ4v) is 7.47. The van der Waals surface area contributed by atoms with Crippen LogP contribution in [-0.4, -0.2) is 46.7 Å². The number of amides is 2. The van der Waals surface area contributed by atoms with Gasteiger partial charge in [0, 0.05) is 12.8 Å². The molecule has 0 spiro atoms. The summed E-state index contributed by atoms with van der Waals surface area (Å²) in [5.74, 6) is 2.00. The lowest BCUT2D eigenvalue weighted by Gasteiger charge is -2.33. The molecule has 0 radical (unpaired) electrons. The lowest BCUT2D eigenvalue weighted by atomic mass is 9.82. The summed E-state index contributed by atoms with van der Waals surface area (Å²) < 4.78 is 51.5. The maximum absolute atomic E-state index is 13.0. The van der Waals surface area contributed by atoms with E-state index in [4.69, 9.17) is 5.84 Å². The van der Waals surface area contributed by atoms with Gasteiger partial charge >= 0.3 is 0 Å². The highest BCUT2D eigenvalue weighted by Crippen LogP contribution is 2.40. The Morgan fingerprint density at radius 2 is 1.88 bits per heavy atom. The summed E-state index contributed by atoms with van der Waals surface area (Å²) in [7, 11) is -8.15. The zero-order chi connectivity index (χ0) is 25.7. The molecule has 14 heteroatoms. The normalized spacial score (nSPS) is 14.7. The fraction of sp³-hybridized carbons (Fsp3) is 0.400. The van der Waals surface area contributed by atoms with Gasteiger partial charge in [0.2, 0.25) is 10.0 Å². The Labute approximate surface area is 202 Å². The summed E-state index contributed by atoms with van der Waals surface area (Å²) in [6.07, 6.45) is 1.01. The van der Waals surface area contributed by atoms with E-state index < -0.39 is 48.9 Å². The van der Waals surface area contributed by atoms with Crippen molar-refractivity contribution in [3.63, 3.8) is 0 Å². The second-order valence-electron chi connectivity index (χ2n) is 7.73. The first-order chi connectivity index (χ1) is 15.9. The minimum atomic E-state index is -4.16. The van der Waals surface area contributed by atoms with Crippen molar-refractivity contribution in [2.24, 2.45) is 5.84 Å². The molecule has 0 saturated heterocycles. The van der Waals surface area contributed by atoms with E-state index in [0.29, 0.717) is 5.56 Å². The van der Waals surface area contributed by atoms with Crippen molar-refractivity contribution >= 4 is 43.0 Å². The molecule has 1 aromatic heterocycles. The van der Waals surface area contributed by atoms with Crippen molar-refractivity contribution < 1.29 is 31.6 Å². The van der Waals surface area contributed by atoms with E-state index in [1.165, 1.54) is 23.7 Å². The lowest BCUT2D eigenvalue weighted by Crippen LogP contribution is -2.52. The van der Waals surface area contributed by atoms with Crippen LogP contribution in [0.3, 0.4) is 0 Å². The Balaban J connectivity index is 2.75. The molecule has 0 aliphatic carbocycles. The average Bonchev–Trinajstić information content (AvgIpc) is 3.32. The van der Waals surface area contributed by atoms with Crippen molar-refractivity contribution in [3.05, 3.63) is 52.4 Å². The molecule has 2 aromatic rings. The van der Waals surface area contributed by atoms with Crippen LogP contribution in [0, 0.1) is 6.92 Å². The number of carbonyl (C=O) groups is 2. The van der Waals surface area contributed by atoms with Crippen LogP contribution in [0.5, 0.6) is 0 Å². The first kappa shape index (κ1) is 27.9. The molecule has 11 nitrogen and oxygen atoms in total. The summed E-state index contributed by atoms with van der Waals surface area (Å²) in [5.41, 5.74) is 4.06. The Kier molecular flexibility index (Phi) is 8.96. The monoisotopic (exact) mass is 532 g/mol. The van der Waals surface area contributed by atoms with Gasteiger partial charge in [-0.25, -0.2) is 32.9 Å². The Hall–Kier alpha value is -2.36. The number of sulfonamides is 1. The number of hydroxylamine groups is 1. The van der Waals surface area contributed by atoms with Crippen LogP contribution in [0.2, 0.25) is 0 Å². The zero-order valence-electron chi connectivity index (χ0n) is 18.9. The van der Waals surface area contributed by atoms with E-state index in [2.05, 4.69) is 4.72 Å². The molecule has 2 amide bonds. The number of hydrazine groups is 1. The van der Waals surface area contributed by atoms with E-state index in [1.807, 2.05) is 5.43 Å². The van der Waals surface area contributed by atoms with Gasteiger partial charge in [0.05, 0.1) is 5.92 Å². The SMILES string of the molecule is CCC[C@](C(=O)NN)(c1ccc(C)cc1[C@H](CNS(=O)(=O)c1cccs1)C(=O)NO)S(C)(=O)=O. The number of rotatable bonds is 11. The van der Waals surface area contributed by atoms with Gasteiger partial charge in [-0.1, -0.05) is 43.2 Å². The number of hydrogen-bond donors (Lipinski definition) is 5. The molecule has 1 heterocycles. The van der Waals surface area contributed by atoms with Gasteiger partial charge in [-0.2, -0.15) is 0 Å². The Bertz CT molecular complexity index is 1240. The third-order valence-corrected chi connectivity index (χ3v) is 10.1. The quantitative estimate of drug-likeness (QED) is 0.121. The zero-order valence-corrected chi connectivity index (χ0v) is 21.3. The van der Waals surface area contributed by atoms with E-state index >= 15 is 0 Å². The Morgan fingerprint density at radius 3 is 2.38 bits per heavy atom. The lowest BCUT2D eigenvalue weighted by molar-refractivity contribution is -0.130. The molecule has 0 aliphatic heterocycles. The summed E-state index contributed by atoms with van der Waals surface area (Å²) >= 11 is 0.972. The number of nitrogens with one attached hydrogen (secondary N) is 3. The van der Waals surface area contributed by atoms with E-state index in [1.54, 1.807) is 31.4 Å². The van der Waals surface area contributed by atoms with Gasteiger partial charge in [-0.05, 0) is 35.9 Å². The molecule has 0 aliphatic rings. The highest BCUT2D eigenvalue weighted by Gasteiger charge is 2.51. The molecule has 34 heavy (non-hydrogen) atoms. The molecule has 0 bridgehead atoms. The molecule has 6 N–H and O–H groups in total. The first-order valence-electron chi connectivity index (χ1n) is 10.1. The topological polar surface area (TPSA) is 185 Å². The standard InChI is InChI=1S/C20H28N4O7S3/c1-4-9-20(19(26)23-21,33(3,28)29)16-8-7-13(2)11-14(16)15(18(25)24-27)12-22-34(30,31)17-6-5-10-32-17/h5-8,10-11,15,22,27H,4,9,12,21H2,1-3H3,(H,23,26)(H,24,25)/t15-,20+/m0/s1. The molecule has 2 rings (SSSR count). The second kappa shape index (κ2) is 10.9. The molecule has 0 saturated carbocycles. The smallest absolute Gasteiger partial charge is 0.259 e. The van der Waals surface area contributed by atoms with Gasteiger partial charge in [-0.3, -0.25) is 20.2 Å². The van der Waals surface area contributed by atoms with Crippen molar-refractivity contribution in [1.82, 2.24) is 15.6 Å². The number of aryl methyl sites for hydroxylation is 1. The number of benzene rings is 1. The third kappa shape index (κ3) is 5.47. The molecule has 1 aromatic carbocycles. The second-order valence-corrected chi connectivity index (χ2v) is 12.9. The number of sulfone groups is 1. The van der Waals surface area contributed by atoms with Crippen LogP contribution >= 0.6 is 11.3 Å². The number of hydrogen-bond acceptors (Lipinski definition) is 9. The number of carbonyl (C=O) groups excluding carboxylic acids is 2. The maximum atomic E-state index is 13.0. The van der Waals surface area contributed by atoms with Gasteiger partial charge in [0.25, 0.3) is 11.8 Å². The number of thiophene rings is 1. The van der Waals surface area contributed by atoms with Crippen molar-refractivity contribution in [2.75, 3.05) is 12.8 Å². The Morgan fingerprint density at radius 1 is 1.21 bits per heavy atom. The summed E-state index contributed by atoms with van der Waals surface area (Å²) in [4.78, 5) is 25.7. The van der Waals surface area contributed by atoms with Crippen molar-refractivity contribution in [2.45, 2.75) is 41.6 Å². The predicted octanol–water partition coefficient (Wildman–Crippen LogP) is 0.654. The van der Waals surface area contributed by atoms with Crippen LogP contribution in [0.25, 0.3) is 0 Å². The number of nitrogens with two attached hydrogens (primary N) is 1. The van der Waals surface area contributed by atoms with Gasteiger partial charge in [0.1, 0.15) is 4.21 Å². The van der Waals surface area contributed by atoms with E-state index in [-0.39, 0.29) is 28.2 Å². The molecular weight excluding hydrogens is 504 g/mol. The van der Waals surface area contributed by atoms with Crippen LogP contribution in [0.1, 0.15) is 42.4 Å². The van der Waals surface area contributed by atoms with E-state index in [9.17, 15) is 31.6 Å². The van der Waals surface area contributed by atoms with E-state index in [0.717, 1.165) is 17.6 Å². The first-order valence-corrected chi connectivity index (χ1v) is 14.4. The highest BCUT2D eigenvalue weighted by molar-refractivity contribution is 7.92. The maximum Gasteiger partial charge on any atom is 0.259 e. The fourth-order valence-electron chi connectivity index (χ4n) is 3.83. The molecular formula is C20H28N4O7S3. The average molecular weight is 533 g/mol. The van der Waals surface area contributed by atoms with Crippen LogP contribution in [-0.2, 0) is 34.2 Å². The van der Waals surface area contributed by atoms with Crippen LogP contribution < -0.4 is 21.5 Å². The summed E-state index contributed by atoms with van der Waals surface area (Å²) in [6.45, 7) is 2.85. The molecule has 188 valence electrons. The van der Waals surface area contributed by atoms with Crippen LogP contribution in [0.15, 0.2) is 39.9 Å². The minimum Gasteiger partial charge on any atom is -0.293 e. The van der Waals surface area contributed by atoms with Gasteiger partial charge < -0.3 is 0 Å². The van der Waals surface area contributed by atoms with Crippen molar-refractivity contribution in [1.29, 1.82) is 0 Å². The third-order valence-electron chi connectivity index (χ3n) is 5.41. The molecule has 2 atom stereocenters.